The van der Waals surface area contributed by atoms with Gasteiger partial charge in [0.2, 0.25) is 5.95 Å². The summed E-state index contributed by atoms with van der Waals surface area (Å²) in [5.74, 6) is 0.365. The van der Waals surface area contributed by atoms with Crippen LogP contribution in [0, 0.1) is 6.57 Å². The first-order valence-electron chi connectivity index (χ1n) is 11.5. The van der Waals surface area contributed by atoms with Gasteiger partial charge in [-0.3, -0.25) is 18.7 Å². The van der Waals surface area contributed by atoms with Crippen LogP contribution in [0.15, 0.2) is 53.8 Å². The van der Waals surface area contributed by atoms with Crippen molar-refractivity contribution < 1.29 is 5.11 Å². The Bertz CT molecular complexity index is 1670. The van der Waals surface area contributed by atoms with Crippen LogP contribution in [-0.2, 0) is 7.05 Å². The molecule has 0 saturated heterocycles. The minimum atomic E-state index is -0.330. The second-order valence-corrected chi connectivity index (χ2v) is 8.85. The number of aliphatic hydroxyl groups is 1. The summed E-state index contributed by atoms with van der Waals surface area (Å²) >= 11 is 0. The van der Waals surface area contributed by atoms with Crippen LogP contribution in [-0.4, -0.2) is 44.8 Å². The number of aryl methyl sites for hydroxylation is 1. The minimum absolute atomic E-state index is 0.0594. The van der Waals surface area contributed by atoms with Gasteiger partial charge in [-0.1, -0.05) is 6.07 Å². The molecule has 1 fully saturated rings. The van der Waals surface area contributed by atoms with Gasteiger partial charge in [0, 0.05) is 31.0 Å². The smallest absolute Gasteiger partial charge is 0.330 e. The highest BCUT2D eigenvalue weighted by Gasteiger charge is 2.28. The third-order valence-electron chi connectivity index (χ3n) is 6.77. The van der Waals surface area contributed by atoms with Gasteiger partial charge in [-0.25, -0.2) is 19.6 Å². The average Bonchev–Trinajstić information content (AvgIpc) is 3.43. The number of fused-ring (bicyclic) bond motifs is 2. The van der Waals surface area contributed by atoms with Crippen LogP contribution >= 0.6 is 0 Å². The molecule has 4 heterocycles. The number of rotatable bonds is 3. The predicted octanol–water partition coefficient (Wildman–Crippen LogP) is 3.56. The second kappa shape index (κ2) is 8.14. The summed E-state index contributed by atoms with van der Waals surface area (Å²) in [5, 5.41) is 10.0. The van der Waals surface area contributed by atoms with Crippen molar-refractivity contribution in [3.8, 4) is 17.2 Å². The largest absolute Gasteiger partial charge is 0.393 e. The third-order valence-corrected chi connectivity index (χ3v) is 6.77. The number of benzene rings is 1. The Morgan fingerprint density at radius 1 is 1.09 bits per heavy atom. The van der Waals surface area contributed by atoms with Crippen molar-refractivity contribution in [2.45, 2.75) is 37.8 Å². The van der Waals surface area contributed by atoms with E-state index in [2.05, 4.69) is 14.8 Å². The summed E-state index contributed by atoms with van der Waals surface area (Å²) in [6, 6.07) is 8.94. The van der Waals surface area contributed by atoms with Gasteiger partial charge in [0.15, 0.2) is 11.3 Å². The van der Waals surface area contributed by atoms with E-state index in [4.69, 9.17) is 16.5 Å². The van der Waals surface area contributed by atoms with Gasteiger partial charge < -0.3 is 5.11 Å². The first-order chi connectivity index (χ1) is 17.0. The van der Waals surface area contributed by atoms with Crippen LogP contribution < -0.4 is 5.69 Å². The summed E-state index contributed by atoms with van der Waals surface area (Å²) in [7, 11) is 1.74. The zero-order chi connectivity index (χ0) is 24.1. The van der Waals surface area contributed by atoms with Crippen molar-refractivity contribution in [2.24, 2.45) is 7.05 Å². The molecule has 10 nitrogen and oxygen atoms in total. The summed E-state index contributed by atoms with van der Waals surface area (Å²) in [6.45, 7) is 7.38. The van der Waals surface area contributed by atoms with Crippen molar-refractivity contribution in [3.05, 3.63) is 71.0 Å². The van der Waals surface area contributed by atoms with E-state index in [0.717, 1.165) is 11.1 Å². The Hall–Kier alpha value is -4.36. The monoisotopic (exact) mass is 466 g/mol. The highest BCUT2D eigenvalue weighted by molar-refractivity contribution is 5.89. The van der Waals surface area contributed by atoms with Crippen LogP contribution in [0.4, 0.5) is 5.69 Å². The lowest BCUT2D eigenvalue weighted by molar-refractivity contribution is 0.110. The van der Waals surface area contributed by atoms with E-state index < -0.39 is 0 Å². The highest BCUT2D eigenvalue weighted by Crippen LogP contribution is 2.33. The number of nitrogens with zero attached hydrogens (tertiary/aromatic N) is 8. The fourth-order valence-corrected chi connectivity index (χ4v) is 4.95. The predicted molar refractivity (Wildman–Crippen MR) is 130 cm³/mol. The summed E-state index contributed by atoms with van der Waals surface area (Å²) < 4.78 is 5.10. The molecule has 0 atom stereocenters. The minimum Gasteiger partial charge on any atom is -0.393 e. The lowest BCUT2D eigenvalue weighted by Crippen LogP contribution is -2.30. The fourth-order valence-electron chi connectivity index (χ4n) is 4.95. The molecule has 1 N–H and O–H groups in total. The Labute approximate surface area is 200 Å². The van der Waals surface area contributed by atoms with E-state index >= 15 is 0 Å². The highest BCUT2D eigenvalue weighted by atomic mass is 16.3. The molecule has 174 valence electrons. The standard InChI is InChI=1S/C25H22N8O2/c1-26-16-3-8-19-20(13-16)32(14-28-19)24-29-21(15-9-11-27-12-10-15)22-23(30-24)33(25(35)31(22)2)17-4-6-18(34)7-5-17/h3,8-14,17-18,34H,4-7H2,2H3. The zero-order valence-corrected chi connectivity index (χ0v) is 19.0. The molecule has 1 saturated carbocycles. The number of pyridine rings is 1. The van der Waals surface area contributed by atoms with E-state index in [9.17, 15) is 9.90 Å². The molecule has 0 bridgehead atoms. The van der Waals surface area contributed by atoms with Crippen molar-refractivity contribution in [2.75, 3.05) is 0 Å². The number of imidazole rings is 2. The Morgan fingerprint density at radius 2 is 1.86 bits per heavy atom. The maximum Gasteiger partial charge on any atom is 0.330 e. The van der Waals surface area contributed by atoms with Crippen molar-refractivity contribution in [1.29, 1.82) is 0 Å². The number of hydrogen-bond acceptors (Lipinski definition) is 6. The van der Waals surface area contributed by atoms with E-state index in [1.54, 1.807) is 57.7 Å². The molecule has 1 aliphatic carbocycles. The molecule has 5 aromatic rings. The Kier molecular flexibility index (Phi) is 4.93. The van der Waals surface area contributed by atoms with E-state index in [0.29, 0.717) is 59.7 Å². The van der Waals surface area contributed by atoms with Crippen molar-refractivity contribution >= 4 is 27.9 Å². The molecule has 0 spiro atoms. The van der Waals surface area contributed by atoms with Gasteiger partial charge >= 0.3 is 5.69 Å². The summed E-state index contributed by atoms with van der Waals surface area (Å²) in [6.07, 6.45) is 7.38. The van der Waals surface area contributed by atoms with E-state index in [-0.39, 0.29) is 17.8 Å². The molecule has 4 aromatic heterocycles. The van der Waals surface area contributed by atoms with Crippen LogP contribution in [0.3, 0.4) is 0 Å². The number of aliphatic hydroxyl groups excluding tert-OH is 1. The van der Waals surface area contributed by atoms with Crippen LogP contribution in [0.2, 0.25) is 0 Å². The second-order valence-electron chi connectivity index (χ2n) is 8.85. The lowest BCUT2D eigenvalue weighted by atomic mass is 9.93. The molecule has 0 radical (unpaired) electrons. The van der Waals surface area contributed by atoms with Gasteiger partial charge in [0.25, 0.3) is 0 Å². The Balaban J connectivity index is 1.66. The van der Waals surface area contributed by atoms with Gasteiger partial charge in [0.1, 0.15) is 17.5 Å². The van der Waals surface area contributed by atoms with Gasteiger partial charge in [0.05, 0.1) is 23.7 Å². The zero-order valence-electron chi connectivity index (χ0n) is 19.0. The van der Waals surface area contributed by atoms with E-state index in [1.165, 1.54) is 0 Å². The normalized spacial score (nSPS) is 18.2. The molecule has 1 aromatic carbocycles. The summed E-state index contributed by atoms with van der Waals surface area (Å²) in [4.78, 5) is 35.4. The number of hydrogen-bond donors (Lipinski definition) is 1. The molecule has 0 amide bonds. The molecular weight excluding hydrogens is 444 g/mol. The molecule has 0 aliphatic heterocycles. The maximum absolute atomic E-state index is 13.5. The van der Waals surface area contributed by atoms with Gasteiger partial charge in [-0.05, 0) is 49.9 Å². The van der Waals surface area contributed by atoms with Crippen molar-refractivity contribution in [3.63, 3.8) is 0 Å². The first kappa shape index (κ1) is 21.2. The summed E-state index contributed by atoms with van der Waals surface area (Å²) in [5.41, 5.74) is 4.38. The van der Waals surface area contributed by atoms with Crippen LogP contribution in [0.1, 0.15) is 31.7 Å². The number of aromatic nitrogens is 7. The van der Waals surface area contributed by atoms with Crippen LogP contribution in [0.25, 0.3) is 44.2 Å². The quantitative estimate of drug-likeness (QED) is 0.408. The molecular formula is C25H22N8O2. The van der Waals surface area contributed by atoms with Crippen LogP contribution in [0.5, 0.6) is 0 Å². The average molecular weight is 467 g/mol. The molecule has 35 heavy (non-hydrogen) atoms. The lowest BCUT2D eigenvalue weighted by Gasteiger charge is -2.26. The van der Waals surface area contributed by atoms with E-state index in [1.807, 2.05) is 12.1 Å². The molecule has 0 unspecified atom stereocenters. The van der Waals surface area contributed by atoms with Gasteiger partial charge in [-0.15, -0.1) is 0 Å². The Morgan fingerprint density at radius 3 is 2.60 bits per heavy atom. The SMILES string of the molecule is [C-]#[N+]c1ccc2ncn(-c3nc(-c4ccncc4)c4c(n3)n(C3CCC(O)CC3)c(=O)n4C)c2c1. The maximum atomic E-state index is 13.5. The first-order valence-corrected chi connectivity index (χ1v) is 11.5. The fraction of sp³-hybridized carbons (Fsp3) is 0.280. The molecule has 6 rings (SSSR count). The molecule has 10 heteroatoms. The topological polar surface area (TPSA) is 108 Å². The van der Waals surface area contributed by atoms with Crippen molar-refractivity contribution in [1.82, 2.24) is 33.6 Å². The third kappa shape index (κ3) is 3.40. The molecule has 1 aliphatic rings. The van der Waals surface area contributed by atoms with Gasteiger partial charge in [-0.2, -0.15) is 4.98 Å².